The maximum absolute atomic E-state index is 12.2. The molecule has 1 heterocycles. The fourth-order valence-corrected chi connectivity index (χ4v) is 0.539. The minimum Gasteiger partial charge on any atom is -0.458 e. The standard InChI is InChI=1S/C6H5F5O3/c7-5(8,6(9,10)11)4(12)14-2-3-1-13-3/h3H,1-2H2. The molecule has 1 aliphatic heterocycles. The Morgan fingerprint density at radius 2 is 1.86 bits per heavy atom. The van der Waals surface area contributed by atoms with Gasteiger partial charge in [0.1, 0.15) is 12.7 Å². The smallest absolute Gasteiger partial charge is 0.458 e. The Morgan fingerprint density at radius 3 is 2.21 bits per heavy atom. The molecular formula is C6H5F5O3. The minimum absolute atomic E-state index is 0.199. The Labute approximate surface area is 74.8 Å². The molecule has 1 atom stereocenters. The number of alkyl halides is 5. The highest BCUT2D eigenvalue weighted by Gasteiger charge is 2.65. The third-order valence-corrected chi connectivity index (χ3v) is 1.42. The number of hydrogen-bond donors (Lipinski definition) is 0. The second kappa shape index (κ2) is 3.34. The van der Waals surface area contributed by atoms with E-state index in [1.165, 1.54) is 0 Å². The second-order valence-corrected chi connectivity index (χ2v) is 2.63. The molecule has 1 rings (SSSR count). The molecule has 0 amide bonds. The highest BCUT2D eigenvalue weighted by Crippen LogP contribution is 2.36. The van der Waals surface area contributed by atoms with Crippen molar-refractivity contribution in [2.24, 2.45) is 0 Å². The Hall–Kier alpha value is -0.920. The SMILES string of the molecule is O=C(OCC1CO1)C(F)(F)C(F)(F)F. The average molecular weight is 220 g/mol. The first kappa shape index (κ1) is 11.2. The Balaban J connectivity index is 2.48. The molecule has 82 valence electrons. The maximum Gasteiger partial charge on any atom is 0.465 e. The van der Waals surface area contributed by atoms with E-state index in [1.807, 2.05) is 0 Å². The van der Waals surface area contributed by atoms with Crippen LogP contribution in [-0.4, -0.2) is 37.4 Å². The topological polar surface area (TPSA) is 38.8 Å². The molecule has 0 aromatic carbocycles. The Bertz CT molecular complexity index is 232. The number of esters is 1. The van der Waals surface area contributed by atoms with Crippen LogP contribution in [-0.2, 0) is 14.3 Å². The molecule has 0 N–H and O–H groups in total. The number of halogens is 5. The second-order valence-electron chi connectivity index (χ2n) is 2.63. The van der Waals surface area contributed by atoms with Crippen LogP contribution < -0.4 is 0 Å². The summed E-state index contributed by atoms with van der Waals surface area (Å²) >= 11 is 0. The van der Waals surface area contributed by atoms with Crippen molar-refractivity contribution < 1.29 is 36.2 Å². The van der Waals surface area contributed by atoms with Crippen LogP contribution in [0.4, 0.5) is 22.0 Å². The molecular weight excluding hydrogens is 215 g/mol. The number of carbonyl (C=O) groups is 1. The van der Waals surface area contributed by atoms with Crippen molar-refractivity contribution in [3.63, 3.8) is 0 Å². The van der Waals surface area contributed by atoms with Gasteiger partial charge in [0.25, 0.3) is 0 Å². The first-order valence-corrected chi connectivity index (χ1v) is 3.48. The molecule has 0 spiro atoms. The molecule has 0 aromatic heterocycles. The lowest BCUT2D eigenvalue weighted by Crippen LogP contribution is -2.45. The quantitative estimate of drug-likeness (QED) is 0.406. The van der Waals surface area contributed by atoms with Gasteiger partial charge in [-0.3, -0.25) is 0 Å². The van der Waals surface area contributed by atoms with Crippen molar-refractivity contribution in [2.45, 2.75) is 18.2 Å². The highest BCUT2D eigenvalue weighted by atomic mass is 19.4. The number of hydrogen-bond acceptors (Lipinski definition) is 3. The first-order chi connectivity index (χ1) is 6.25. The highest BCUT2D eigenvalue weighted by molar-refractivity contribution is 5.78. The fraction of sp³-hybridized carbons (Fsp3) is 0.833. The van der Waals surface area contributed by atoms with E-state index in [4.69, 9.17) is 0 Å². The monoisotopic (exact) mass is 220 g/mol. The zero-order valence-corrected chi connectivity index (χ0v) is 6.61. The Kier molecular flexibility index (Phi) is 2.66. The summed E-state index contributed by atoms with van der Waals surface area (Å²) in [5.74, 6) is -8.05. The third-order valence-electron chi connectivity index (χ3n) is 1.42. The molecule has 1 fully saturated rings. The summed E-state index contributed by atoms with van der Waals surface area (Å²) in [4.78, 5) is 10.3. The van der Waals surface area contributed by atoms with E-state index in [1.54, 1.807) is 0 Å². The van der Waals surface area contributed by atoms with Crippen LogP contribution in [0.1, 0.15) is 0 Å². The summed E-state index contributed by atoms with van der Waals surface area (Å²) in [5, 5.41) is 0. The van der Waals surface area contributed by atoms with Gasteiger partial charge in [-0.25, -0.2) is 4.79 Å². The van der Waals surface area contributed by atoms with Crippen LogP contribution in [0.15, 0.2) is 0 Å². The molecule has 0 bridgehead atoms. The molecule has 3 nitrogen and oxygen atoms in total. The first-order valence-electron chi connectivity index (χ1n) is 3.48. The van der Waals surface area contributed by atoms with Gasteiger partial charge in [0.05, 0.1) is 6.61 Å². The third kappa shape index (κ3) is 2.31. The molecule has 0 aromatic rings. The van der Waals surface area contributed by atoms with E-state index in [0.717, 1.165) is 0 Å². The maximum atomic E-state index is 12.2. The number of carbonyl (C=O) groups excluding carboxylic acids is 1. The normalized spacial score (nSPS) is 21.9. The summed E-state index contributed by atoms with van der Waals surface area (Å²) < 4.78 is 67.1. The molecule has 14 heavy (non-hydrogen) atoms. The van der Waals surface area contributed by atoms with Gasteiger partial charge in [-0.05, 0) is 0 Å². The van der Waals surface area contributed by atoms with Gasteiger partial charge >= 0.3 is 18.1 Å². The minimum atomic E-state index is -5.92. The average Bonchev–Trinajstić information content (AvgIpc) is 2.80. The predicted molar refractivity (Wildman–Crippen MR) is 31.7 cm³/mol. The van der Waals surface area contributed by atoms with Crippen LogP contribution >= 0.6 is 0 Å². The van der Waals surface area contributed by atoms with Crippen LogP contribution in [0.5, 0.6) is 0 Å². The Morgan fingerprint density at radius 1 is 1.36 bits per heavy atom. The zero-order chi connectivity index (χ0) is 11.0. The number of ether oxygens (including phenoxy) is 2. The lowest BCUT2D eigenvalue weighted by molar-refractivity contribution is -0.280. The lowest BCUT2D eigenvalue weighted by atomic mass is 10.3. The van der Waals surface area contributed by atoms with Gasteiger partial charge in [0, 0.05) is 0 Å². The summed E-state index contributed by atoms with van der Waals surface area (Å²) in [7, 11) is 0. The van der Waals surface area contributed by atoms with Crippen molar-refractivity contribution in [2.75, 3.05) is 13.2 Å². The van der Waals surface area contributed by atoms with Crippen molar-refractivity contribution in [1.29, 1.82) is 0 Å². The van der Waals surface area contributed by atoms with Crippen molar-refractivity contribution in [3.8, 4) is 0 Å². The van der Waals surface area contributed by atoms with Gasteiger partial charge in [0.2, 0.25) is 0 Å². The molecule has 0 aliphatic carbocycles. The van der Waals surface area contributed by atoms with Crippen molar-refractivity contribution >= 4 is 5.97 Å². The van der Waals surface area contributed by atoms with Crippen LogP contribution in [0.25, 0.3) is 0 Å². The summed E-state index contributed by atoms with van der Waals surface area (Å²) in [6.45, 7) is -0.380. The molecule has 1 aliphatic rings. The van der Waals surface area contributed by atoms with E-state index in [0.29, 0.717) is 0 Å². The summed E-state index contributed by atoms with van der Waals surface area (Å²) in [6, 6.07) is 0. The molecule has 0 radical (unpaired) electrons. The number of epoxide rings is 1. The van der Waals surface area contributed by atoms with E-state index >= 15 is 0 Å². The molecule has 8 heteroatoms. The molecule has 1 unspecified atom stereocenters. The van der Waals surface area contributed by atoms with Gasteiger partial charge < -0.3 is 9.47 Å². The fourth-order valence-electron chi connectivity index (χ4n) is 0.539. The van der Waals surface area contributed by atoms with Crippen molar-refractivity contribution in [3.05, 3.63) is 0 Å². The van der Waals surface area contributed by atoms with E-state index in [2.05, 4.69) is 9.47 Å². The van der Waals surface area contributed by atoms with Gasteiger partial charge in [-0.15, -0.1) is 0 Å². The predicted octanol–water partition coefficient (Wildman–Crippen LogP) is 1.13. The van der Waals surface area contributed by atoms with Crippen molar-refractivity contribution in [1.82, 2.24) is 0 Å². The largest absolute Gasteiger partial charge is 0.465 e. The number of rotatable bonds is 3. The van der Waals surface area contributed by atoms with Crippen LogP contribution in [0.2, 0.25) is 0 Å². The zero-order valence-electron chi connectivity index (χ0n) is 6.61. The van der Waals surface area contributed by atoms with E-state index in [9.17, 15) is 26.7 Å². The van der Waals surface area contributed by atoms with E-state index < -0.39 is 30.8 Å². The van der Waals surface area contributed by atoms with Crippen LogP contribution in [0.3, 0.4) is 0 Å². The summed E-state index contributed by atoms with van der Waals surface area (Å²) in [6.07, 6.45) is -6.47. The molecule has 1 saturated heterocycles. The lowest BCUT2D eigenvalue weighted by Gasteiger charge is -2.17. The van der Waals surface area contributed by atoms with E-state index in [-0.39, 0.29) is 6.61 Å². The summed E-state index contributed by atoms with van der Waals surface area (Å²) in [5.41, 5.74) is 0. The van der Waals surface area contributed by atoms with Gasteiger partial charge in [-0.2, -0.15) is 22.0 Å². The van der Waals surface area contributed by atoms with Crippen LogP contribution in [0, 0.1) is 0 Å². The molecule has 0 saturated carbocycles. The van der Waals surface area contributed by atoms with Gasteiger partial charge in [0.15, 0.2) is 0 Å². The van der Waals surface area contributed by atoms with Gasteiger partial charge in [-0.1, -0.05) is 0 Å².